The molecule has 0 aliphatic carbocycles. The molecular weight excluding hydrogens is 548 g/mol. The fraction of sp³-hybridized carbons (Fsp3) is 0.207. The molecule has 1 fully saturated rings. The molecule has 2 heterocycles. The van der Waals surface area contributed by atoms with E-state index >= 15 is 0 Å². The third-order valence-corrected chi connectivity index (χ3v) is 8.04. The second kappa shape index (κ2) is 12.4. The van der Waals surface area contributed by atoms with Crippen LogP contribution < -0.4 is 9.21 Å². The van der Waals surface area contributed by atoms with E-state index < -0.39 is 23.4 Å². The molecule has 3 aromatic carbocycles. The Kier molecular flexibility index (Phi) is 8.54. The molecule has 0 saturated carbocycles. The molecule has 0 N–H and O–H groups in total. The second-order valence-electron chi connectivity index (χ2n) is 9.24. The first-order valence-electron chi connectivity index (χ1n) is 12.7. The molecule has 0 radical (unpaired) electrons. The van der Waals surface area contributed by atoms with Crippen LogP contribution in [0, 0.1) is 6.92 Å². The van der Waals surface area contributed by atoms with Crippen LogP contribution in [0.4, 0.5) is 27.0 Å². The van der Waals surface area contributed by atoms with Crippen molar-refractivity contribution < 1.29 is 23.1 Å². The highest BCUT2D eigenvalue weighted by molar-refractivity contribution is 7.81. The zero-order valence-electron chi connectivity index (χ0n) is 21.7. The quantitative estimate of drug-likeness (QED) is 0.244. The van der Waals surface area contributed by atoms with Gasteiger partial charge in [-0.2, -0.15) is 0 Å². The van der Waals surface area contributed by atoms with Gasteiger partial charge in [0.15, 0.2) is 5.13 Å². The molecule has 5 rings (SSSR count). The lowest BCUT2D eigenvalue weighted by atomic mass is 10.1. The first kappa shape index (κ1) is 27.5. The molecule has 40 heavy (non-hydrogen) atoms. The van der Waals surface area contributed by atoms with Crippen LogP contribution in [0.2, 0.25) is 0 Å². The molecule has 11 heteroatoms. The molecule has 2 atom stereocenters. The summed E-state index contributed by atoms with van der Waals surface area (Å²) in [5, 5.41) is 2.22. The predicted octanol–water partition coefficient (Wildman–Crippen LogP) is 5.85. The number of thiazole rings is 1. The highest BCUT2D eigenvalue weighted by atomic mass is 32.2. The van der Waals surface area contributed by atoms with E-state index in [1.54, 1.807) is 48.0 Å². The van der Waals surface area contributed by atoms with Crippen LogP contribution in [0.1, 0.15) is 24.0 Å². The van der Waals surface area contributed by atoms with Crippen molar-refractivity contribution in [3.8, 4) is 0 Å². The molecule has 2 unspecified atom stereocenters. The topological polar surface area (TPSA) is 106 Å². The zero-order chi connectivity index (χ0) is 28.1. The summed E-state index contributed by atoms with van der Waals surface area (Å²) >= 11 is -1.27. The molecular formula is C29H27N4O5S2-. The largest absolute Gasteiger partial charge is 0.755 e. The Balaban J connectivity index is 1.38. The Hall–Kier alpha value is -4.06. The van der Waals surface area contributed by atoms with E-state index in [2.05, 4.69) is 4.98 Å². The Morgan fingerprint density at radius 3 is 2.30 bits per heavy atom. The van der Waals surface area contributed by atoms with Crippen LogP contribution in [0.5, 0.6) is 0 Å². The average molecular weight is 576 g/mol. The number of likely N-dealkylation sites (tertiary alicyclic amines) is 1. The zero-order valence-corrected chi connectivity index (χ0v) is 23.3. The number of amides is 2. The van der Waals surface area contributed by atoms with Gasteiger partial charge in [0.1, 0.15) is 12.6 Å². The minimum absolute atomic E-state index is 0.118. The summed E-state index contributed by atoms with van der Waals surface area (Å²) in [6.45, 7) is 2.46. The van der Waals surface area contributed by atoms with E-state index in [0.717, 1.165) is 11.1 Å². The van der Waals surface area contributed by atoms with Crippen LogP contribution in [0.15, 0.2) is 90.4 Å². The lowest BCUT2D eigenvalue weighted by Gasteiger charge is -2.30. The number of aromatic nitrogens is 1. The predicted molar refractivity (Wildman–Crippen MR) is 154 cm³/mol. The molecule has 206 valence electrons. The first-order chi connectivity index (χ1) is 19.4. The standard InChI is InChI=1S/C29H28N4O5S2/c1-21-9-11-24(12-10-21)33(40(36)37)25-15-13-23(14-16-25)32(28-30-17-19-39-28)27(34)26-8-5-18-31(26)29(35)38-20-22-6-3-2-4-7-22/h2-4,6-7,9-17,19,26H,5,8,18,20H2,1H3,(H,36,37)/p-1. The number of hydrogen-bond acceptors (Lipinski definition) is 7. The maximum Gasteiger partial charge on any atom is 0.410 e. The Morgan fingerprint density at radius 2 is 1.68 bits per heavy atom. The summed E-state index contributed by atoms with van der Waals surface area (Å²) in [7, 11) is 0. The molecule has 9 nitrogen and oxygen atoms in total. The fourth-order valence-corrected chi connectivity index (χ4v) is 5.84. The monoisotopic (exact) mass is 575 g/mol. The van der Waals surface area contributed by atoms with Crippen molar-refractivity contribution in [2.75, 3.05) is 15.7 Å². The lowest BCUT2D eigenvalue weighted by Crippen LogP contribution is -2.46. The van der Waals surface area contributed by atoms with Gasteiger partial charge in [0.2, 0.25) is 0 Å². The summed E-state index contributed by atoms with van der Waals surface area (Å²) in [5.74, 6) is -0.306. The molecule has 0 spiro atoms. The molecule has 2 amide bonds. The number of aryl methyl sites for hydroxylation is 1. The highest BCUT2D eigenvalue weighted by Crippen LogP contribution is 2.34. The summed E-state index contributed by atoms with van der Waals surface area (Å²) in [6, 6.07) is 22.4. The van der Waals surface area contributed by atoms with Crippen LogP contribution >= 0.6 is 11.3 Å². The maximum atomic E-state index is 13.9. The van der Waals surface area contributed by atoms with E-state index in [9.17, 15) is 18.4 Å². The van der Waals surface area contributed by atoms with Crippen LogP contribution in [0.3, 0.4) is 0 Å². The second-order valence-corrected chi connectivity index (χ2v) is 10.9. The number of hydrogen-bond donors (Lipinski definition) is 0. The van der Waals surface area contributed by atoms with Crippen LogP contribution in [0.25, 0.3) is 0 Å². The van der Waals surface area contributed by atoms with Gasteiger partial charge in [-0.3, -0.25) is 23.1 Å². The van der Waals surface area contributed by atoms with Gasteiger partial charge < -0.3 is 9.29 Å². The average Bonchev–Trinajstić information content (AvgIpc) is 3.67. The molecule has 0 bridgehead atoms. The first-order valence-corrected chi connectivity index (χ1v) is 14.6. The summed E-state index contributed by atoms with van der Waals surface area (Å²) < 4.78 is 30.9. The van der Waals surface area contributed by atoms with Crippen molar-refractivity contribution in [3.05, 3.63) is 102 Å². The molecule has 1 saturated heterocycles. The molecule has 4 aromatic rings. The normalized spacial score (nSPS) is 15.4. The Bertz CT molecular complexity index is 1460. The van der Waals surface area contributed by atoms with E-state index in [1.807, 2.05) is 49.4 Å². The van der Waals surface area contributed by atoms with Crippen molar-refractivity contribution in [2.45, 2.75) is 32.4 Å². The van der Waals surface area contributed by atoms with Crippen molar-refractivity contribution in [1.82, 2.24) is 9.88 Å². The van der Waals surface area contributed by atoms with E-state index in [-0.39, 0.29) is 12.5 Å². The van der Waals surface area contributed by atoms with E-state index in [4.69, 9.17) is 4.74 Å². The van der Waals surface area contributed by atoms with E-state index in [0.29, 0.717) is 41.6 Å². The van der Waals surface area contributed by atoms with E-state index in [1.165, 1.54) is 25.4 Å². The number of ether oxygens (including phenoxy) is 1. The third-order valence-electron chi connectivity index (χ3n) is 6.57. The molecule has 1 aliphatic heterocycles. The minimum Gasteiger partial charge on any atom is -0.755 e. The summed E-state index contributed by atoms with van der Waals surface area (Å²) in [4.78, 5) is 34.2. The van der Waals surface area contributed by atoms with Gasteiger partial charge in [-0.25, -0.2) is 9.78 Å². The van der Waals surface area contributed by atoms with Gasteiger partial charge in [0.25, 0.3) is 5.91 Å². The van der Waals surface area contributed by atoms with Crippen LogP contribution in [-0.4, -0.2) is 43.2 Å². The maximum absolute atomic E-state index is 13.9. The number of benzene rings is 3. The fourth-order valence-electron chi connectivity index (χ4n) is 4.59. The summed E-state index contributed by atoms with van der Waals surface area (Å²) in [5.41, 5.74) is 3.29. The van der Waals surface area contributed by atoms with Gasteiger partial charge in [-0.1, -0.05) is 48.0 Å². The molecule has 1 aromatic heterocycles. The smallest absolute Gasteiger partial charge is 0.410 e. The minimum atomic E-state index is -2.56. The summed E-state index contributed by atoms with van der Waals surface area (Å²) in [6.07, 6.45) is 2.23. The van der Waals surface area contributed by atoms with Gasteiger partial charge in [0.05, 0.1) is 28.3 Å². The molecule has 1 aliphatic rings. The number of carbonyl (C=O) groups excluding carboxylic acids is 2. The lowest BCUT2D eigenvalue weighted by molar-refractivity contribution is -0.121. The van der Waals surface area contributed by atoms with Crippen molar-refractivity contribution in [1.29, 1.82) is 0 Å². The van der Waals surface area contributed by atoms with Gasteiger partial charge in [-0.05, 0) is 61.7 Å². The van der Waals surface area contributed by atoms with Gasteiger partial charge in [0, 0.05) is 18.1 Å². The number of nitrogens with zero attached hydrogens (tertiary/aromatic N) is 4. The SMILES string of the molecule is Cc1ccc(N(c2ccc(N(C(=O)C3CCCN3C(=O)OCc3ccccc3)c3nccs3)cc2)S(=O)[O-])cc1. The van der Waals surface area contributed by atoms with Crippen molar-refractivity contribution in [2.24, 2.45) is 0 Å². The van der Waals surface area contributed by atoms with Crippen molar-refractivity contribution >= 4 is 56.8 Å². The number of anilines is 4. The van der Waals surface area contributed by atoms with Gasteiger partial charge in [-0.15, -0.1) is 11.3 Å². The number of carbonyl (C=O) groups is 2. The Morgan fingerprint density at radius 1 is 1.02 bits per heavy atom. The van der Waals surface area contributed by atoms with Crippen molar-refractivity contribution in [3.63, 3.8) is 0 Å². The van der Waals surface area contributed by atoms with Crippen LogP contribution in [-0.2, 0) is 27.4 Å². The van der Waals surface area contributed by atoms with Gasteiger partial charge >= 0.3 is 6.09 Å². The Labute approximate surface area is 239 Å². The third kappa shape index (κ3) is 6.06. The highest BCUT2D eigenvalue weighted by Gasteiger charge is 2.39. The number of rotatable bonds is 8.